The fourth-order valence-electron chi connectivity index (χ4n) is 2.96. The number of anilines is 1. The first-order valence-corrected chi connectivity index (χ1v) is 8.47. The van der Waals surface area contributed by atoms with Crippen LogP contribution < -0.4 is 4.90 Å². The normalized spacial score (nSPS) is 15.1. The number of hydrogen-bond donors (Lipinski definition) is 0. The Hall–Kier alpha value is -2.55. The molecule has 1 fully saturated rings. The van der Waals surface area contributed by atoms with Gasteiger partial charge in [0.2, 0.25) is 5.91 Å². The van der Waals surface area contributed by atoms with Crippen LogP contribution in [-0.4, -0.2) is 37.0 Å². The first-order chi connectivity index (χ1) is 11.6. The van der Waals surface area contributed by atoms with Gasteiger partial charge in [0, 0.05) is 37.9 Å². The minimum absolute atomic E-state index is 0.0967. The first-order valence-electron chi connectivity index (χ1n) is 8.47. The largest absolute Gasteiger partial charge is 0.368 e. The lowest BCUT2D eigenvalue weighted by atomic mass is 10.1. The van der Waals surface area contributed by atoms with E-state index in [4.69, 9.17) is 0 Å². The molecular weight excluding hydrogens is 296 g/mol. The van der Waals surface area contributed by atoms with Gasteiger partial charge < -0.3 is 9.80 Å². The van der Waals surface area contributed by atoms with Crippen molar-refractivity contribution in [1.82, 2.24) is 4.90 Å². The van der Waals surface area contributed by atoms with Crippen molar-refractivity contribution in [3.05, 3.63) is 71.3 Å². The average molecular weight is 320 g/mol. The number of piperazine rings is 1. The lowest BCUT2D eigenvalue weighted by Gasteiger charge is -2.35. The number of rotatable bonds is 3. The highest BCUT2D eigenvalue weighted by atomic mass is 16.2. The second-order valence-electron chi connectivity index (χ2n) is 6.40. The summed E-state index contributed by atoms with van der Waals surface area (Å²) in [5.74, 6) is 0.0967. The number of carbonyl (C=O) groups excluding carboxylic acids is 1. The highest BCUT2D eigenvalue weighted by Gasteiger charge is 2.19. The smallest absolute Gasteiger partial charge is 0.246 e. The minimum atomic E-state index is 0.0967. The molecular formula is C21H24N2O. The Morgan fingerprint density at radius 2 is 1.62 bits per heavy atom. The van der Waals surface area contributed by atoms with Crippen molar-refractivity contribution in [2.45, 2.75) is 13.8 Å². The van der Waals surface area contributed by atoms with E-state index in [0.717, 1.165) is 31.7 Å². The molecule has 0 saturated carbocycles. The van der Waals surface area contributed by atoms with Crippen molar-refractivity contribution < 1.29 is 4.79 Å². The van der Waals surface area contributed by atoms with E-state index in [1.165, 1.54) is 16.8 Å². The van der Waals surface area contributed by atoms with Gasteiger partial charge in [-0.1, -0.05) is 42.0 Å². The molecule has 0 radical (unpaired) electrons. The van der Waals surface area contributed by atoms with E-state index in [0.29, 0.717) is 0 Å². The van der Waals surface area contributed by atoms with Crippen LogP contribution in [0, 0.1) is 13.8 Å². The maximum atomic E-state index is 12.4. The van der Waals surface area contributed by atoms with Gasteiger partial charge in [0.15, 0.2) is 0 Å². The predicted octanol–water partition coefficient (Wildman–Crippen LogP) is 3.67. The lowest BCUT2D eigenvalue weighted by Crippen LogP contribution is -2.48. The summed E-state index contributed by atoms with van der Waals surface area (Å²) in [6.07, 6.45) is 3.59. The second-order valence-corrected chi connectivity index (χ2v) is 6.40. The van der Waals surface area contributed by atoms with Gasteiger partial charge in [-0.25, -0.2) is 0 Å². The molecule has 1 amide bonds. The Morgan fingerprint density at radius 1 is 0.917 bits per heavy atom. The molecule has 3 nitrogen and oxygen atoms in total. The molecule has 0 bridgehead atoms. The van der Waals surface area contributed by atoms with Crippen molar-refractivity contribution in [2.24, 2.45) is 0 Å². The third-order valence-corrected chi connectivity index (χ3v) is 4.45. The van der Waals surface area contributed by atoms with Crippen LogP contribution in [0.1, 0.15) is 16.7 Å². The van der Waals surface area contributed by atoms with Crippen LogP contribution in [-0.2, 0) is 4.79 Å². The molecule has 2 aromatic carbocycles. The minimum Gasteiger partial charge on any atom is -0.368 e. The molecule has 3 heteroatoms. The Bertz CT molecular complexity index is 726. The van der Waals surface area contributed by atoms with Crippen LogP contribution in [0.15, 0.2) is 54.6 Å². The van der Waals surface area contributed by atoms with Gasteiger partial charge in [0.25, 0.3) is 0 Å². The summed E-state index contributed by atoms with van der Waals surface area (Å²) in [5.41, 5.74) is 4.81. The fraction of sp³-hybridized carbons (Fsp3) is 0.286. The number of hydrogen-bond acceptors (Lipinski definition) is 2. The number of benzene rings is 2. The third-order valence-electron chi connectivity index (χ3n) is 4.45. The second kappa shape index (κ2) is 7.35. The standard InChI is InChI=1S/C21H24N2O/c1-17-6-8-19(9-7-17)10-11-21(24)23-14-12-22(13-15-23)20-5-3-4-18(2)16-20/h3-11,16H,12-15H2,1-2H3/b11-10+. The zero-order valence-corrected chi connectivity index (χ0v) is 14.4. The quantitative estimate of drug-likeness (QED) is 0.806. The zero-order valence-electron chi connectivity index (χ0n) is 14.4. The number of nitrogens with zero attached hydrogens (tertiary/aromatic N) is 2. The highest BCUT2D eigenvalue weighted by Crippen LogP contribution is 2.18. The third kappa shape index (κ3) is 4.05. The Labute approximate surface area is 144 Å². The van der Waals surface area contributed by atoms with Crippen LogP contribution in [0.4, 0.5) is 5.69 Å². The molecule has 1 saturated heterocycles. The fourth-order valence-corrected chi connectivity index (χ4v) is 2.96. The van der Waals surface area contributed by atoms with E-state index in [2.05, 4.69) is 55.1 Å². The SMILES string of the molecule is Cc1ccc(/C=C/C(=O)N2CCN(c3cccc(C)c3)CC2)cc1. The number of amides is 1. The molecule has 0 spiro atoms. The summed E-state index contributed by atoms with van der Waals surface area (Å²) in [6.45, 7) is 7.47. The molecule has 2 aromatic rings. The highest BCUT2D eigenvalue weighted by molar-refractivity contribution is 5.92. The maximum Gasteiger partial charge on any atom is 0.246 e. The molecule has 0 atom stereocenters. The van der Waals surface area contributed by atoms with Gasteiger partial charge in [0.1, 0.15) is 0 Å². The van der Waals surface area contributed by atoms with Crippen LogP contribution in [0.5, 0.6) is 0 Å². The predicted molar refractivity (Wildman–Crippen MR) is 100 cm³/mol. The maximum absolute atomic E-state index is 12.4. The van der Waals surface area contributed by atoms with Crippen molar-refractivity contribution in [3.8, 4) is 0 Å². The summed E-state index contributed by atoms with van der Waals surface area (Å²) in [6, 6.07) is 16.7. The molecule has 1 heterocycles. The molecule has 124 valence electrons. The Balaban J connectivity index is 1.56. The van der Waals surface area contributed by atoms with Crippen molar-refractivity contribution in [1.29, 1.82) is 0 Å². The monoisotopic (exact) mass is 320 g/mol. The van der Waals surface area contributed by atoms with Crippen LogP contribution in [0.3, 0.4) is 0 Å². The van der Waals surface area contributed by atoms with Crippen molar-refractivity contribution >= 4 is 17.7 Å². The summed E-state index contributed by atoms with van der Waals surface area (Å²) >= 11 is 0. The lowest BCUT2D eigenvalue weighted by molar-refractivity contribution is -0.126. The Morgan fingerprint density at radius 3 is 2.29 bits per heavy atom. The van der Waals surface area contributed by atoms with Gasteiger partial charge in [-0.05, 0) is 43.2 Å². The van der Waals surface area contributed by atoms with Gasteiger partial charge in [-0.2, -0.15) is 0 Å². The molecule has 3 rings (SSSR count). The average Bonchev–Trinajstić information content (AvgIpc) is 2.61. The number of aryl methyl sites for hydroxylation is 2. The van der Waals surface area contributed by atoms with Crippen molar-refractivity contribution in [3.63, 3.8) is 0 Å². The number of carbonyl (C=O) groups is 1. The summed E-state index contributed by atoms with van der Waals surface area (Å²) in [4.78, 5) is 16.6. The van der Waals surface area contributed by atoms with E-state index in [-0.39, 0.29) is 5.91 Å². The topological polar surface area (TPSA) is 23.6 Å². The molecule has 0 aliphatic carbocycles. The van der Waals surface area contributed by atoms with E-state index in [1.54, 1.807) is 6.08 Å². The molecule has 1 aliphatic heterocycles. The van der Waals surface area contributed by atoms with E-state index < -0.39 is 0 Å². The van der Waals surface area contributed by atoms with Crippen LogP contribution >= 0.6 is 0 Å². The van der Waals surface area contributed by atoms with Crippen LogP contribution in [0.25, 0.3) is 6.08 Å². The van der Waals surface area contributed by atoms with Crippen LogP contribution in [0.2, 0.25) is 0 Å². The molecule has 0 aromatic heterocycles. The summed E-state index contributed by atoms with van der Waals surface area (Å²) < 4.78 is 0. The van der Waals surface area contributed by atoms with Gasteiger partial charge in [-0.15, -0.1) is 0 Å². The van der Waals surface area contributed by atoms with Gasteiger partial charge in [-0.3, -0.25) is 4.79 Å². The van der Waals surface area contributed by atoms with Gasteiger partial charge in [0.05, 0.1) is 0 Å². The molecule has 24 heavy (non-hydrogen) atoms. The Kier molecular flexibility index (Phi) is 4.99. The van der Waals surface area contributed by atoms with E-state index >= 15 is 0 Å². The first kappa shape index (κ1) is 16.3. The summed E-state index contributed by atoms with van der Waals surface area (Å²) in [7, 11) is 0. The van der Waals surface area contributed by atoms with E-state index in [9.17, 15) is 4.79 Å². The summed E-state index contributed by atoms with van der Waals surface area (Å²) in [5, 5.41) is 0. The van der Waals surface area contributed by atoms with Gasteiger partial charge >= 0.3 is 0 Å². The van der Waals surface area contributed by atoms with E-state index in [1.807, 2.05) is 23.1 Å². The zero-order chi connectivity index (χ0) is 16.9. The van der Waals surface area contributed by atoms with Crippen molar-refractivity contribution in [2.75, 3.05) is 31.1 Å². The molecule has 0 unspecified atom stereocenters. The molecule has 1 aliphatic rings. The molecule has 0 N–H and O–H groups in total.